The van der Waals surface area contributed by atoms with E-state index in [1.807, 2.05) is 48.5 Å². The molecule has 2 aromatic rings. The lowest BCUT2D eigenvalue weighted by atomic mass is 9.98. The molecule has 2 amide bonds. The number of ether oxygens (including phenoxy) is 2. The lowest BCUT2D eigenvalue weighted by Crippen LogP contribution is -2.49. The molecule has 2 aliphatic carbocycles. The molecule has 1 aliphatic heterocycles. The van der Waals surface area contributed by atoms with E-state index < -0.39 is 54.4 Å². The molecule has 35 heavy (non-hydrogen) atoms. The van der Waals surface area contributed by atoms with E-state index in [0.717, 1.165) is 22.3 Å². The molecule has 10 heteroatoms. The van der Waals surface area contributed by atoms with Crippen molar-refractivity contribution in [1.29, 1.82) is 0 Å². The summed E-state index contributed by atoms with van der Waals surface area (Å²) in [5, 5.41) is 13.8. The summed E-state index contributed by atoms with van der Waals surface area (Å²) >= 11 is 0. The van der Waals surface area contributed by atoms with Crippen LogP contribution in [0.25, 0.3) is 11.1 Å². The van der Waals surface area contributed by atoms with Crippen LogP contribution in [0.4, 0.5) is 13.6 Å². The lowest BCUT2D eigenvalue weighted by Gasteiger charge is -2.20. The van der Waals surface area contributed by atoms with Gasteiger partial charge in [-0.2, -0.15) is 0 Å². The Morgan fingerprint density at radius 3 is 2.29 bits per heavy atom. The monoisotopic (exact) mass is 486 g/mol. The van der Waals surface area contributed by atoms with Crippen LogP contribution in [0.15, 0.2) is 48.5 Å². The highest BCUT2D eigenvalue weighted by molar-refractivity contribution is 5.83. The molecule has 184 valence electrons. The van der Waals surface area contributed by atoms with Gasteiger partial charge >= 0.3 is 12.1 Å². The summed E-state index contributed by atoms with van der Waals surface area (Å²) < 4.78 is 38.0. The van der Waals surface area contributed by atoms with Gasteiger partial charge in [0.25, 0.3) is 11.8 Å². The Hall–Kier alpha value is -3.53. The number of nitrogens with one attached hydrogen (secondary N) is 2. The third kappa shape index (κ3) is 4.22. The smallest absolute Gasteiger partial charge is 0.407 e. The standard InChI is InChI=1S/C25H24F2N2O6/c26-25(27)18(20(25)23(31)32)11-28-22(30)21-19(9-10-34-21)29-24(33)35-12-17-15-7-3-1-5-13(15)14-6-2-4-8-16(14)17/h1-8,17-21H,9-12H2,(H,28,30)(H,29,33)(H,31,32)/t18-,19?,20-,21?/m0/s1. The molecule has 0 spiro atoms. The minimum Gasteiger partial charge on any atom is -0.481 e. The Morgan fingerprint density at radius 2 is 1.69 bits per heavy atom. The van der Waals surface area contributed by atoms with Crippen LogP contribution in [-0.4, -0.2) is 60.9 Å². The molecule has 2 aromatic carbocycles. The van der Waals surface area contributed by atoms with Gasteiger partial charge in [-0.05, 0) is 28.7 Å². The molecule has 4 atom stereocenters. The predicted octanol–water partition coefficient (Wildman–Crippen LogP) is 2.76. The first-order chi connectivity index (χ1) is 16.8. The number of halogens is 2. The molecular weight excluding hydrogens is 462 g/mol. The fraction of sp³-hybridized carbons (Fsp3) is 0.400. The predicted molar refractivity (Wildman–Crippen MR) is 119 cm³/mol. The third-order valence-corrected chi connectivity index (χ3v) is 6.96. The van der Waals surface area contributed by atoms with Crippen LogP contribution in [-0.2, 0) is 19.1 Å². The first kappa shape index (κ1) is 23.2. The van der Waals surface area contributed by atoms with E-state index in [4.69, 9.17) is 14.6 Å². The zero-order valence-corrected chi connectivity index (χ0v) is 18.6. The van der Waals surface area contributed by atoms with E-state index >= 15 is 0 Å². The van der Waals surface area contributed by atoms with Crippen molar-refractivity contribution >= 4 is 18.0 Å². The summed E-state index contributed by atoms with van der Waals surface area (Å²) in [4.78, 5) is 35.9. The number of alkyl halides is 2. The van der Waals surface area contributed by atoms with Gasteiger partial charge in [-0.1, -0.05) is 48.5 Å². The summed E-state index contributed by atoms with van der Waals surface area (Å²) in [5.41, 5.74) is 4.34. The van der Waals surface area contributed by atoms with E-state index in [2.05, 4.69) is 10.6 Å². The van der Waals surface area contributed by atoms with Crippen molar-refractivity contribution in [3.8, 4) is 11.1 Å². The minimum absolute atomic E-state index is 0.109. The van der Waals surface area contributed by atoms with Crippen LogP contribution in [0.5, 0.6) is 0 Å². The van der Waals surface area contributed by atoms with E-state index in [1.54, 1.807) is 0 Å². The van der Waals surface area contributed by atoms with Crippen LogP contribution in [0.3, 0.4) is 0 Å². The number of benzene rings is 2. The number of hydrogen-bond acceptors (Lipinski definition) is 5. The number of carbonyl (C=O) groups excluding carboxylic acids is 2. The average molecular weight is 486 g/mol. The van der Waals surface area contributed by atoms with Crippen molar-refractivity contribution in [2.24, 2.45) is 11.8 Å². The molecule has 1 saturated heterocycles. The molecular formula is C25H24F2N2O6. The Balaban J connectivity index is 1.15. The highest BCUT2D eigenvalue weighted by atomic mass is 19.3. The molecule has 5 rings (SSSR count). The lowest BCUT2D eigenvalue weighted by molar-refractivity contribution is -0.141. The second-order valence-corrected chi connectivity index (χ2v) is 9.00. The molecule has 8 nitrogen and oxygen atoms in total. The largest absolute Gasteiger partial charge is 0.481 e. The van der Waals surface area contributed by atoms with Crippen LogP contribution in [0.1, 0.15) is 23.5 Å². The van der Waals surface area contributed by atoms with Crippen LogP contribution < -0.4 is 10.6 Å². The molecule has 0 aromatic heterocycles. The molecule has 3 N–H and O–H groups in total. The quantitative estimate of drug-likeness (QED) is 0.555. The number of fused-ring (bicyclic) bond motifs is 3. The number of aliphatic carboxylic acids is 1. The van der Waals surface area contributed by atoms with Crippen molar-refractivity contribution in [3.05, 3.63) is 59.7 Å². The van der Waals surface area contributed by atoms with Crippen LogP contribution in [0.2, 0.25) is 0 Å². The number of carboxylic acid groups (broad SMARTS) is 1. The Bertz CT molecular complexity index is 1130. The summed E-state index contributed by atoms with van der Waals surface area (Å²) in [7, 11) is 0. The maximum atomic E-state index is 13.5. The number of carbonyl (C=O) groups is 3. The highest BCUT2D eigenvalue weighted by Gasteiger charge is 2.72. The first-order valence-corrected chi connectivity index (χ1v) is 11.4. The van der Waals surface area contributed by atoms with Crippen LogP contribution in [0, 0.1) is 11.8 Å². The summed E-state index contributed by atoms with van der Waals surface area (Å²) in [6.45, 7) is -0.179. The van der Waals surface area contributed by atoms with Crippen LogP contribution >= 0.6 is 0 Å². The summed E-state index contributed by atoms with van der Waals surface area (Å²) in [5.74, 6) is -9.01. The molecule has 0 radical (unpaired) electrons. The molecule has 2 unspecified atom stereocenters. The SMILES string of the molecule is O=C(NC1CCOC1C(=O)NC[C@H]1[C@@H](C(=O)O)C1(F)F)OCC1c2ccccc2-c2ccccc21. The fourth-order valence-corrected chi connectivity index (χ4v) is 5.08. The average Bonchev–Trinajstić information content (AvgIpc) is 3.13. The van der Waals surface area contributed by atoms with Gasteiger partial charge in [0, 0.05) is 19.1 Å². The van der Waals surface area contributed by atoms with Crippen molar-refractivity contribution in [1.82, 2.24) is 10.6 Å². The number of rotatable bonds is 7. The number of alkyl carbamates (subject to hydrolysis) is 1. The maximum Gasteiger partial charge on any atom is 0.407 e. The van der Waals surface area contributed by atoms with Gasteiger partial charge in [-0.25, -0.2) is 13.6 Å². The molecule has 2 fully saturated rings. The normalized spacial score (nSPS) is 25.9. The van der Waals surface area contributed by atoms with Gasteiger partial charge in [0.15, 0.2) is 6.10 Å². The van der Waals surface area contributed by atoms with E-state index in [9.17, 15) is 23.2 Å². The van der Waals surface area contributed by atoms with Gasteiger partial charge in [0.1, 0.15) is 12.5 Å². The van der Waals surface area contributed by atoms with Gasteiger partial charge in [0.05, 0.1) is 12.0 Å². The van der Waals surface area contributed by atoms with Gasteiger partial charge in [-0.15, -0.1) is 0 Å². The summed E-state index contributed by atoms with van der Waals surface area (Å²) in [6, 6.07) is 15.2. The zero-order chi connectivity index (χ0) is 24.7. The second kappa shape index (κ2) is 8.92. The molecule has 1 heterocycles. The molecule has 3 aliphatic rings. The topological polar surface area (TPSA) is 114 Å². The van der Waals surface area contributed by atoms with Crippen molar-refractivity contribution in [3.63, 3.8) is 0 Å². The van der Waals surface area contributed by atoms with Gasteiger partial charge < -0.3 is 25.2 Å². The Morgan fingerprint density at radius 1 is 1.06 bits per heavy atom. The minimum atomic E-state index is -3.35. The van der Waals surface area contributed by atoms with Crippen molar-refractivity contribution in [2.45, 2.75) is 30.4 Å². The second-order valence-electron chi connectivity index (χ2n) is 9.00. The number of amides is 2. The van der Waals surface area contributed by atoms with E-state index in [1.165, 1.54) is 0 Å². The van der Waals surface area contributed by atoms with Crippen molar-refractivity contribution in [2.75, 3.05) is 19.8 Å². The highest BCUT2D eigenvalue weighted by Crippen LogP contribution is 2.54. The van der Waals surface area contributed by atoms with Crippen molar-refractivity contribution < 1.29 is 37.7 Å². The number of hydrogen-bond donors (Lipinski definition) is 3. The maximum absolute atomic E-state index is 13.5. The Kier molecular flexibility index (Phi) is 5.92. The molecule has 0 bridgehead atoms. The third-order valence-electron chi connectivity index (χ3n) is 6.96. The van der Waals surface area contributed by atoms with E-state index in [0.29, 0.717) is 6.42 Å². The fourth-order valence-electron chi connectivity index (χ4n) is 5.08. The zero-order valence-electron chi connectivity index (χ0n) is 18.6. The Labute approximate surface area is 199 Å². The molecule has 1 saturated carbocycles. The first-order valence-electron chi connectivity index (χ1n) is 11.4. The van der Waals surface area contributed by atoms with Gasteiger partial charge in [-0.3, -0.25) is 9.59 Å². The summed E-state index contributed by atoms with van der Waals surface area (Å²) in [6.07, 6.45) is -1.44. The van der Waals surface area contributed by atoms with Gasteiger partial charge in [0.2, 0.25) is 0 Å². The number of carboxylic acids is 1. The van der Waals surface area contributed by atoms with E-state index in [-0.39, 0.29) is 19.1 Å².